The lowest BCUT2D eigenvalue weighted by atomic mass is 10.0. The standard InChI is InChI=1S/C10H12NOP/c1-7-2-4-9-8(6-7)3-5-10(12)11(9)13/h2,4,6H,3,5,13H2,1H3. The lowest BCUT2D eigenvalue weighted by Gasteiger charge is -2.25. The first-order valence-electron chi connectivity index (χ1n) is 4.35. The maximum Gasteiger partial charge on any atom is 0.230 e. The molecule has 0 N–H and O–H groups in total. The predicted octanol–water partition coefficient (Wildman–Crippen LogP) is 2.06. The van der Waals surface area contributed by atoms with E-state index in [4.69, 9.17) is 0 Å². The van der Waals surface area contributed by atoms with Crippen molar-refractivity contribution < 1.29 is 4.79 Å². The molecule has 13 heavy (non-hydrogen) atoms. The van der Waals surface area contributed by atoms with Crippen molar-refractivity contribution in [3.63, 3.8) is 0 Å². The first kappa shape index (κ1) is 8.71. The van der Waals surface area contributed by atoms with Gasteiger partial charge in [0.2, 0.25) is 5.91 Å². The van der Waals surface area contributed by atoms with Gasteiger partial charge in [-0.1, -0.05) is 17.7 Å². The summed E-state index contributed by atoms with van der Waals surface area (Å²) in [6.07, 6.45) is 1.50. The zero-order chi connectivity index (χ0) is 9.42. The number of carbonyl (C=O) groups excluding carboxylic acids is 1. The maximum atomic E-state index is 11.3. The van der Waals surface area contributed by atoms with Gasteiger partial charge in [-0.2, -0.15) is 0 Å². The second-order valence-corrected chi connectivity index (χ2v) is 3.91. The molecule has 2 nitrogen and oxygen atoms in total. The van der Waals surface area contributed by atoms with Crippen LogP contribution in [0.1, 0.15) is 17.5 Å². The molecule has 1 aliphatic rings. The number of rotatable bonds is 0. The van der Waals surface area contributed by atoms with Gasteiger partial charge >= 0.3 is 0 Å². The largest absolute Gasteiger partial charge is 0.297 e. The Morgan fingerprint density at radius 1 is 1.38 bits per heavy atom. The van der Waals surface area contributed by atoms with Crippen LogP contribution in [0, 0.1) is 6.92 Å². The molecule has 1 aliphatic heterocycles. The molecule has 0 saturated carbocycles. The Balaban J connectivity index is 2.49. The SMILES string of the molecule is Cc1ccc2c(c1)CCC(=O)N2P. The van der Waals surface area contributed by atoms with Crippen LogP contribution in [0.2, 0.25) is 0 Å². The van der Waals surface area contributed by atoms with E-state index in [9.17, 15) is 4.79 Å². The fourth-order valence-electron chi connectivity index (χ4n) is 1.65. The number of aryl methyl sites for hydroxylation is 2. The summed E-state index contributed by atoms with van der Waals surface area (Å²) in [4.78, 5) is 11.3. The molecule has 1 amide bonds. The van der Waals surface area contributed by atoms with E-state index in [1.807, 2.05) is 12.1 Å². The highest BCUT2D eigenvalue weighted by Gasteiger charge is 2.20. The minimum atomic E-state index is 0.182. The first-order valence-corrected chi connectivity index (χ1v) is 4.87. The van der Waals surface area contributed by atoms with Gasteiger partial charge in [-0.05, 0) is 34.4 Å². The number of benzene rings is 1. The molecule has 3 heteroatoms. The molecule has 0 aromatic heterocycles. The Bertz CT molecular complexity index is 362. The predicted molar refractivity (Wildman–Crippen MR) is 56.7 cm³/mol. The molecule has 1 aromatic rings. The fraction of sp³-hybridized carbons (Fsp3) is 0.300. The van der Waals surface area contributed by atoms with Crippen molar-refractivity contribution in [2.45, 2.75) is 19.8 Å². The number of nitrogens with zero attached hydrogens (tertiary/aromatic N) is 1. The maximum absolute atomic E-state index is 11.3. The van der Waals surface area contributed by atoms with Crippen molar-refractivity contribution in [2.24, 2.45) is 0 Å². The van der Waals surface area contributed by atoms with E-state index in [1.165, 1.54) is 11.1 Å². The number of hydrogen-bond acceptors (Lipinski definition) is 1. The van der Waals surface area contributed by atoms with E-state index in [-0.39, 0.29) is 5.91 Å². The number of carbonyl (C=O) groups is 1. The zero-order valence-electron chi connectivity index (χ0n) is 7.58. The number of anilines is 1. The molecule has 1 heterocycles. The van der Waals surface area contributed by atoms with Crippen LogP contribution in [0.15, 0.2) is 18.2 Å². The molecule has 0 fully saturated rings. The third-order valence-corrected chi connectivity index (χ3v) is 2.94. The van der Waals surface area contributed by atoms with Crippen LogP contribution in [0.5, 0.6) is 0 Å². The van der Waals surface area contributed by atoms with Crippen LogP contribution >= 0.6 is 9.39 Å². The van der Waals surface area contributed by atoms with Crippen molar-refractivity contribution in [3.8, 4) is 0 Å². The highest BCUT2D eigenvalue weighted by molar-refractivity contribution is 7.21. The van der Waals surface area contributed by atoms with Gasteiger partial charge in [-0.3, -0.25) is 9.46 Å². The van der Waals surface area contributed by atoms with Gasteiger partial charge in [0.1, 0.15) is 0 Å². The van der Waals surface area contributed by atoms with Crippen molar-refractivity contribution >= 4 is 21.0 Å². The number of fused-ring (bicyclic) bond motifs is 1. The third-order valence-electron chi connectivity index (χ3n) is 2.37. The smallest absolute Gasteiger partial charge is 0.230 e. The molecule has 2 rings (SSSR count). The Hall–Kier alpha value is -0.880. The molecular formula is C10H12NOP. The lowest BCUT2D eigenvalue weighted by Crippen LogP contribution is -2.25. The van der Waals surface area contributed by atoms with Gasteiger partial charge in [-0.25, -0.2) is 0 Å². The monoisotopic (exact) mass is 193 g/mol. The zero-order valence-corrected chi connectivity index (χ0v) is 8.73. The van der Waals surface area contributed by atoms with Gasteiger partial charge in [-0.15, -0.1) is 0 Å². The molecule has 68 valence electrons. The molecule has 0 saturated heterocycles. The summed E-state index contributed by atoms with van der Waals surface area (Å²) < 4.78 is 1.66. The van der Waals surface area contributed by atoms with E-state index in [0.717, 1.165) is 12.1 Å². The van der Waals surface area contributed by atoms with E-state index in [2.05, 4.69) is 22.4 Å². The average molecular weight is 193 g/mol. The van der Waals surface area contributed by atoms with Crippen LogP contribution in [0.3, 0.4) is 0 Å². The van der Waals surface area contributed by atoms with Crippen LogP contribution in [-0.4, -0.2) is 5.91 Å². The summed E-state index contributed by atoms with van der Waals surface area (Å²) in [6.45, 7) is 2.07. The lowest BCUT2D eigenvalue weighted by molar-refractivity contribution is -0.117. The second kappa shape index (κ2) is 3.12. The molecule has 0 spiro atoms. The van der Waals surface area contributed by atoms with Crippen LogP contribution in [-0.2, 0) is 11.2 Å². The quantitative estimate of drug-likeness (QED) is 0.577. The summed E-state index contributed by atoms with van der Waals surface area (Å²) >= 11 is 0. The van der Waals surface area contributed by atoms with Crippen molar-refractivity contribution in [1.82, 2.24) is 0 Å². The van der Waals surface area contributed by atoms with Gasteiger partial charge in [0.05, 0.1) is 5.69 Å². The summed E-state index contributed by atoms with van der Waals surface area (Å²) in [5, 5.41) is 0. The van der Waals surface area contributed by atoms with E-state index < -0.39 is 0 Å². The molecule has 0 radical (unpaired) electrons. The Morgan fingerprint density at radius 2 is 2.15 bits per heavy atom. The van der Waals surface area contributed by atoms with E-state index >= 15 is 0 Å². The summed E-state index contributed by atoms with van der Waals surface area (Å²) in [7, 11) is 2.47. The van der Waals surface area contributed by atoms with E-state index in [1.54, 1.807) is 4.67 Å². The second-order valence-electron chi connectivity index (χ2n) is 3.40. The molecule has 1 aromatic carbocycles. The normalized spacial score (nSPS) is 15.8. The minimum Gasteiger partial charge on any atom is -0.297 e. The third kappa shape index (κ3) is 1.47. The number of hydrogen-bond donors (Lipinski definition) is 0. The van der Waals surface area contributed by atoms with Gasteiger partial charge < -0.3 is 0 Å². The Morgan fingerprint density at radius 3 is 2.92 bits per heavy atom. The van der Waals surface area contributed by atoms with Crippen LogP contribution in [0.25, 0.3) is 0 Å². The van der Waals surface area contributed by atoms with Gasteiger partial charge in [0, 0.05) is 6.42 Å². The van der Waals surface area contributed by atoms with Gasteiger partial charge in [0.25, 0.3) is 0 Å². The van der Waals surface area contributed by atoms with Crippen LogP contribution < -0.4 is 4.67 Å². The first-order chi connectivity index (χ1) is 6.18. The summed E-state index contributed by atoms with van der Waals surface area (Å²) in [5.41, 5.74) is 3.56. The minimum absolute atomic E-state index is 0.182. The molecule has 0 bridgehead atoms. The Kier molecular flexibility index (Phi) is 2.09. The van der Waals surface area contributed by atoms with Gasteiger partial charge in [0.15, 0.2) is 0 Å². The van der Waals surface area contributed by atoms with Crippen molar-refractivity contribution in [1.29, 1.82) is 0 Å². The topological polar surface area (TPSA) is 20.3 Å². The average Bonchev–Trinajstić information content (AvgIpc) is 2.12. The fourth-order valence-corrected chi connectivity index (χ4v) is 2.03. The molecule has 1 atom stereocenters. The van der Waals surface area contributed by atoms with E-state index in [0.29, 0.717) is 6.42 Å². The molecule has 0 aliphatic carbocycles. The Labute approximate surface area is 80.2 Å². The summed E-state index contributed by atoms with van der Waals surface area (Å²) in [5.74, 6) is 0.182. The highest BCUT2D eigenvalue weighted by atomic mass is 31.0. The summed E-state index contributed by atoms with van der Waals surface area (Å²) in [6, 6.07) is 6.20. The van der Waals surface area contributed by atoms with Crippen molar-refractivity contribution in [2.75, 3.05) is 4.67 Å². The van der Waals surface area contributed by atoms with Crippen LogP contribution in [0.4, 0.5) is 5.69 Å². The number of amides is 1. The molecular weight excluding hydrogens is 181 g/mol. The van der Waals surface area contributed by atoms with Crippen molar-refractivity contribution in [3.05, 3.63) is 29.3 Å². The molecule has 1 unspecified atom stereocenters. The highest BCUT2D eigenvalue weighted by Crippen LogP contribution is 2.30.